The number of piperazine rings is 1. The van der Waals surface area contributed by atoms with Crippen LogP contribution in [0.15, 0.2) is 85.5 Å². The van der Waals surface area contributed by atoms with Crippen molar-refractivity contribution in [3.63, 3.8) is 0 Å². The van der Waals surface area contributed by atoms with E-state index >= 15 is 0 Å². The minimum absolute atomic E-state index is 0.0699. The molecule has 0 unspecified atom stereocenters. The summed E-state index contributed by atoms with van der Waals surface area (Å²) in [5.41, 5.74) is 5.31. The van der Waals surface area contributed by atoms with Crippen LogP contribution in [0, 0.1) is 18.3 Å². The van der Waals surface area contributed by atoms with Gasteiger partial charge in [-0.05, 0) is 48.0 Å². The summed E-state index contributed by atoms with van der Waals surface area (Å²) >= 11 is 0. The molecule has 7 heteroatoms. The van der Waals surface area contributed by atoms with E-state index in [-0.39, 0.29) is 5.91 Å². The van der Waals surface area contributed by atoms with Crippen LogP contribution in [0.5, 0.6) is 0 Å². The van der Waals surface area contributed by atoms with Gasteiger partial charge < -0.3 is 18.9 Å². The Morgan fingerprint density at radius 1 is 0.949 bits per heavy atom. The van der Waals surface area contributed by atoms with Crippen molar-refractivity contribution in [2.45, 2.75) is 13.5 Å². The Bertz CT molecular complexity index is 1690. The fourth-order valence-electron chi connectivity index (χ4n) is 5.46. The second kappa shape index (κ2) is 10.2. The van der Waals surface area contributed by atoms with Gasteiger partial charge in [-0.25, -0.2) is 4.98 Å². The number of hydrogen-bond acceptors (Lipinski definition) is 4. The monoisotopic (exact) mass is 514 g/mol. The minimum atomic E-state index is 0.0699. The number of aromatic nitrogens is 3. The summed E-state index contributed by atoms with van der Waals surface area (Å²) in [6.45, 7) is 5.79. The van der Waals surface area contributed by atoms with Gasteiger partial charge in [0.2, 0.25) is 0 Å². The third-order valence-corrected chi connectivity index (χ3v) is 7.71. The Kier molecular flexibility index (Phi) is 6.47. The predicted molar refractivity (Wildman–Crippen MR) is 153 cm³/mol. The number of hydrogen-bond donors (Lipinski definition) is 0. The number of carbonyl (C=O) groups is 1. The van der Waals surface area contributed by atoms with E-state index in [1.165, 1.54) is 0 Å². The van der Waals surface area contributed by atoms with E-state index in [4.69, 9.17) is 5.26 Å². The zero-order valence-electron chi connectivity index (χ0n) is 22.2. The fraction of sp³-hybridized carbons (Fsp3) is 0.219. The number of imidazole rings is 1. The number of rotatable bonds is 5. The van der Waals surface area contributed by atoms with Gasteiger partial charge in [-0.15, -0.1) is 0 Å². The summed E-state index contributed by atoms with van der Waals surface area (Å²) in [7, 11) is 2.10. The highest BCUT2D eigenvalue weighted by Gasteiger charge is 2.28. The highest BCUT2D eigenvalue weighted by molar-refractivity contribution is 6.07. The van der Waals surface area contributed by atoms with Crippen LogP contribution in [0.4, 0.5) is 0 Å². The normalized spacial score (nSPS) is 14.0. The Balaban J connectivity index is 1.47. The van der Waals surface area contributed by atoms with Gasteiger partial charge in [0.05, 0.1) is 36.3 Å². The van der Waals surface area contributed by atoms with Crippen molar-refractivity contribution in [2.75, 3.05) is 33.2 Å². The maximum Gasteiger partial charge on any atom is 0.256 e. The first-order valence-electron chi connectivity index (χ1n) is 13.2. The van der Waals surface area contributed by atoms with Crippen molar-refractivity contribution in [3.05, 3.63) is 108 Å². The molecular formula is C32H30N6O. The number of fused-ring (bicyclic) bond motifs is 1. The summed E-state index contributed by atoms with van der Waals surface area (Å²) in [5.74, 6) is 0.955. The molecule has 1 aliphatic rings. The minimum Gasteiger partial charge on any atom is -0.336 e. The Labute approximate surface area is 228 Å². The standard InChI is InChI=1S/C32H30N6O/c1-23-31(32(39)36-16-14-35(2)15-17-36)29(28-9-5-7-26-6-3-4-8-27(26)28)21-38(23)30-19-34-22-37(30)20-25-12-10-24(18-33)11-13-25/h3-13,19,21-22H,14-17,20H2,1-2H3. The number of benzene rings is 3. The molecule has 0 radical (unpaired) electrons. The van der Waals surface area contributed by atoms with Crippen molar-refractivity contribution in [2.24, 2.45) is 0 Å². The first-order valence-corrected chi connectivity index (χ1v) is 13.2. The first kappa shape index (κ1) is 24.7. The zero-order valence-corrected chi connectivity index (χ0v) is 22.2. The summed E-state index contributed by atoms with van der Waals surface area (Å²) in [6, 6.07) is 24.4. The Morgan fingerprint density at radius 3 is 2.46 bits per heavy atom. The second-order valence-electron chi connectivity index (χ2n) is 10.2. The van der Waals surface area contributed by atoms with Gasteiger partial charge in [0, 0.05) is 43.6 Å². The predicted octanol–water partition coefficient (Wildman–Crippen LogP) is 5.11. The molecule has 0 atom stereocenters. The summed E-state index contributed by atoms with van der Waals surface area (Å²) in [4.78, 5) is 22.8. The zero-order chi connectivity index (χ0) is 26.9. The van der Waals surface area contributed by atoms with Crippen LogP contribution in [0.1, 0.15) is 27.2 Å². The molecule has 39 heavy (non-hydrogen) atoms. The lowest BCUT2D eigenvalue weighted by atomic mass is 9.96. The molecule has 0 N–H and O–H groups in total. The molecule has 0 spiro atoms. The van der Waals surface area contributed by atoms with Crippen molar-refractivity contribution in [1.29, 1.82) is 5.26 Å². The summed E-state index contributed by atoms with van der Waals surface area (Å²) in [5, 5.41) is 11.4. The Morgan fingerprint density at radius 2 is 1.69 bits per heavy atom. The molecule has 3 aromatic carbocycles. The molecule has 0 saturated carbocycles. The highest BCUT2D eigenvalue weighted by atomic mass is 16.2. The summed E-state index contributed by atoms with van der Waals surface area (Å²) < 4.78 is 4.17. The van der Waals surface area contributed by atoms with Crippen LogP contribution in [0.25, 0.3) is 27.7 Å². The van der Waals surface area contributed by atoms with Gasteiger partial charge in [-0.3, -0.25) is 4.79 Å². The van der Waals surface area contributed by atoms with Crippen LogP contribution in [-0.4, -0.2) is 63.1 Å². The van der Waals surface area contributed by atoms with Gasteiger partial charge in [0.25, 0.3) is 5.91 Å². The van der Waals surface area contributed by atoms with E-state index in [9.17, 15) is 4.79 Å². The van der Waals surface area contributed by atoms with Crippen LogP contribution in [0.2, 0.25) is 0 Å². The molecule has 1 saturated heterocycles. The smallest absolute Gasteiger partial charge is 0.256 e. The number of likely N-dealkylation sites (N-methyl/N-ethyl adjacent to an activating group) is 1. The van der Waals surface area contributed by atoms with E-state index in [0.717, 1.165) is 57.6 Å². The lowest BCUT2D eigenvalue weighted by Crippen LogP contribution is -2.47. The molecule has 5 aromatic rings. The molecule has 2 aromatic heterocycles. The molecule has 1 amide bonds. The van der Waals surface area contributed by atoms with Gasteiger partial charge in [-0.1, -0.05) is 54.6 Å². The average molecular weight is 515 g/mol. The first-order chi connectivity index (χ1) is 19.0. The SMILES string of the molecule is Cc1c(C(=O)N2CCN(C)CC2)c(-c2cccc3ccccc23)cn1-c1cncn1Cc1ccc(C#N)cc1. The van der Waals surface area contributed by atoms with Crippen molar-refractivity contribution < 1.29 is 4.79 Å². The van der Waals surface area contributed by atoms with Gasteiger partial charge in [0.15, 0.2) is 0 Å². The third-order valence-electron chi connectivity index (χ3n) is 7.71. The van der Waals surface area contributed by atoms with E-state index in [0.29, 0.717) is 25.2 Å². The average Bonchev–Trinajstić information content (AvgIpc) is 3.56. The van der Waals surface area contributed by atoms with E-state index < -0.39 is 0 Å². The molecule has 1 fully saturated rings. The molecule has 3 heterocycles. The van der Waals surface area contributed by atoms with Gasteiger partial charge in [0.1, 0.15) is 5.82 Å². The largest absolute Gasteiger partial charge is 0.336 e. The number of carbonyl (C=O) groups excluding carboxylic acids is 1. The number of amides is 1. The fourth-order valence-corrected chi connectivity index (χ4v) is 5.46. The van der Waals surface area contributed by atoms with Gasteiger partial charge in [-0.2, -0.15) is 5.26 Å². The van der Waals surface area contributed by atoms with Gasteiger partial charge >= 0.3 is 0 Å². The van der Waals surface area contributed by atoms with E-state index in [2.05, 4.69) is 68.7 Å². The molecule has 7 nitrogen and oxygen atoms in total. The lowest BCUT2D eigenvalue weighted by Gasteiger charge is -2.32. The Hall–Kier alpha value is -4.67. The quantitative estimate of drug-likeness (QED) is 0.327. The van der Waals surface area contributed by atoms with Crippen molar-refractivity contribution >= 4 is 16.7 Å². The molecule has 0 aliphatic carbocycles. The van der Waals surface area contributed by atoms with Crippen molar-refractivity contribution in [3.8, 4) is 23.0 Å². The van der Waals surface area contributed by atoms with E-state index in [1.54, 1.807) is 0 Å². The summed E-state index contributed by atoms with van der Waals surface area (Å²) in [6.07, 6.45) is 5.74. The van der Waals surface area contributed by atoms with Crippen LogP contribution in [-0.2, 0) is 6.54 Å². The topological polar surface area (TPSA) is 70.1 Å². The third kappa shape index (κ3) is 4.60. The van der Waals surface area contributed by atoms with Crippen LogP contribution >= 0.6 is 0 Å². The lowest BCUT2D eigenvalue weighted by molar-refractivity contribution is 0.0664. The molecular weight excluding hydrogens is 484 g/mol. The maximum absolute atomic E-state index is 14.1. The highest BCUT2D eigenvalue weighted by Crippen LogP contribution is 2.36. The molecule has 6 rings (SSSR count). The molecule has 1 aliphatic heterocycles. The van der Waals surface area contributed by atoms with Crippen LogP contribution < -0.4 is 0 Å². The number of nitrogens with zero attached hydrogens (tertiary/aromatic N) is 6. The maximum atomic E-state index is 14.1. The molecule has 194 valence electrons. The second-order valence-corrected chi connectivity index (χ2v) is 10.2. The molecule has 0 bridgehead atoms. The van der Waals surface area contributed by atoms with Crippen molar-refractivity contribution in [1.82, 2.24) is 23.9 Å². The number of nitriles is 1. The van der Waals surface area contributed by atoms with E-state index in [1.807, 2.05) is 60.7 Å². The van der Waals surface area contributed by atoms with Crippen LogP contribution in [0.3, 0.4) is 0 Å².